The maximum absolute atomic E-state index is 5.73. The highest BCUT2D eigenvalue weighted by Crippen LogP contribution is 2.23. The van der Waals surface area contributed by atoms with Gasteiger partial charge in [-0.1, -0.05) is 18.2 Å². The summed E-state index contributed by atoms with van der Waals surface area (Å²) in [5.74, 6) is 2.70. The summed E-state index contributed by atoms with van der Waals surface area (Å²) in [6.07, 6.45) is 3.55. The van der Waals surface area contributed by atoms with E-state index in [1.165, 1.54) is 0 Å². The minimum Gasteiger partial charge on any atom is -0.497 e. The van der Waals surface area contributed by atoms with Crippen LogP contribution >= 0.6 is 24.0 Å². The summed E-state index contributed by atoms with van der Waals surface area (Å²) in [4.78, 5) is 8.83. The molecule has 1 heterocycles. The predicted molar refractivity (Wildman–Crippen MR) is 116 cm³/mol. The number of hydrogen-bond acceptors (Lipinski definition) is 4. The van der Waals surface area contributed by atoms with Crippen LogP contribution in [-0.2, 0) is 6.54 Å². The number of aliphatic imine (C=N–C) groups is 1. The monoisotopic (exact) mass is 468 g/mol. The first kappa shape index (κ1) is 21.8. The van der Waals surface area contributed by atoms with Gasteiger partial charge < -0.3 is 20.1 Å². The van der Waals surface area contributed by atoms with Gasteiger partial charge in [-0.3, -0.25) is 0 Å². The highest BCUT2D eigenvalue weighted by atomic mass is 127. The minimum atomic E-state index is 0. The average Bonchev–Trinajstić information content (AvgIpc) is 2.65. The van der Waals surface area contributed by atoms with Gasteiger partial charge in [0, 0.05) is 31.4 Å². The zero-order valence-electron chi connectivity index (χ0n) is 15.1. The molecule has 0 fully saturated rings. The zero-order valence-corrected chi connectivity index (χ0v) is 17.4. The molecule has 0 saturated carbocycles. The third-order valence-electron chi connectivity index (χ3n) is 3.24. The van der Waals surface area contributed by atoms with Gasteiger partial charge >= 0.3 is 0 Å². The van der Waals surface area contributed by atoms with E-state index in [-0.39, 0.29) is 24.0 Å². The van der Waals surface area contributed by atoms with Crippen LogP contribution in [0.4, 0.5) is 0 Å². The summed E-state index contributed by atoms with van der Waals surface area (Å²) in [7, 11) is 1.62. The van der Waals surface area contributed by atoms with Gasteiger partial charge in [-0.2, -0.15) is 0 Å². The summed E-state index contributed by atoms with van der Waals surface area (Å²) in [6, 6.07) is 11.2. The molecule has 7 heteroatoms. The topological polar surface area (TPSA) is 67.8 Å². The van der Waals surface area contributed by atoms with Crippen molar-refractivity contribution >= 4 is 29.9 Å². The van der Waals surface area contributed by atoms with E-state index >= 15 is 0 Å². The van der Waals surface area contributed by atoms with E-state index in [0.29, 0.717) is 24.7 Å². The van der Waals surface area contributed by atoms with Gasteiger partial charge in [-0.05, 0) is 24.6 Å². The van der Waals surface area contributed by atoms with Crippen LogP contribution in [0.5, 0.6) is 17.4 Å². The molecular weight excluding hydrogens is 443 g/mol. The number of benzene rings is 1. The van der Waals surface area contributed by atoms with Crippen LogP contribution in [0.25, 0.3) is 0 Å². The zero-order chi connectivity index (χ0) is 17.9. The van der Waals surface area contributed by atoms with E-state index in [1.54, 1.807) is 19.4 Å². The molecule has 1 aromatic heterocycles. The summed E-state index contributed by atoms with van der Waals surface area (Å²) in [5.41, 5.74) is 0.994. The van der Waals surface area contributed by atoms with Gasteiger partial charge in [-0.25, -0.2) is 9.98 Å². The summed E-state index contributed by atoms with van der Waals surface area (Å²) < 4.78 is 10.9. The van der Waals surface area contributed by atoms with Gasteiger partial charge in [0.1, 0.15) is 11.5 Å². The second kappa shape index (κ2) is 12.1. The molecule has 6 nitrogen and oxygen atoms in total. The molecule has 0 aliphatic heterocycles. The summed E-state index contributed by atoms with van der Waals surface area (Å²) in [5, 5.41) is 6.34. The third-order valence-corrected chi connectivity index (χ3v) is 3.24. The van der Waals surface area contributed by atoms with Crippen LogP contribution in [0.3, 0.4) is 0 Å². The molecule has 2 N–H and O–H groups in total. The SMILES string of the molecule is C=CCNC(=NCc1ccc(Oc2cccc(OC)c2)nc1)NCC.I. The van der Waals surface area contributed by atoms with Crippen molar-refractivity contribution in [2.45, 2.75) is 13.5 Å². The molecule has 0 radical (unpaired) electrons. The highest BCUT2D eigenvalue weighted by Gasteiger charge is 2.02. The number of nitrogens with one attached hydrogen (secondary N) is 2. The molecule has 2 rings (SSSR count). The van der Waals surface area contributed by atoms with Gasteiger partial charge in [0.25, 0.3) is 0 Å². The number of nitrogens with zero attached hydrogens (tertiary/aromatic N) is 2. The van der Waals surface area contributed by atoms with Crippen LogP contribution in [0.1, 0.15) is 12.5 Å². The van der Waals surface area contributed by atoms with E-state index in [4.69, 9.17) is 9.47 Å². The second-order valence-corrected chi connectivity index (χ2v) is 5.15. The van der Waals surface area contributed by atoms with Gasteiger partial charge in [0.2, 0.25) is 5.88 Å². The van der Waals surface area contributed by atoms with Crippen molar-refractivity contribution in [3.63, 3.8) is 0 Å². The Morgan fingerprint density at radius 1 is 1.23 bits per heavy atom. The number of methoxy groups -OCH3 is 1. The van der Waals surface area contributed by atoms with E-state index in [1.807, 2.05) is 43.3 Å². The molecule has 0 amide bonds. The van der Waals surface area contributed by atoms with Gasteiger partial charge in [-0.15, -0.1) is 30.6 Å². The third kappa shape index (κ3) is 7.30. The Labute approximate surface area is 171 Å². The quantitative estimate of drug-likeness (QED) is 0.268. The van der Waals surface area contributed by atoms with Crippen LogP contribution in [-0.4, -0.2) is 31.1 Å². The van der Waals surface area contributed by atoms with Crippen LogP contribution < -0.4 is 20.1 Å². The van der Waals surface area contributed by atoms with Crippen LogP contribution in [0, 0.1) is 0 Å². The molecule has 0 atom stereocenters. The van der Waals surface area contributed by atoms with Crippen LogP contribution in [0.15, 0.2) is 60.2 Å². The highest BCUT2D eigenvalue weighted by molar-refractivity contribution is 14.0. The fraction of sp³-hybridized carbons (Fsp3) is 0.263. The maximum atomic E-state index is 5.73. The minimum absolute atomic E-state index is 0. The molecule has 0 saturated heterocycles. The Hall–Kier alpha value is -2.29. The molecular formula is C19H25IN4O2. The number of hydrogen-bond donors (Lipinski definition) is 2. The van der Waals surface area contributed by atoms with Crippen molar-refractivity contribution < 1.29 is 9.47 Å². The molecule has 2 aromatic rings. The molecule has 0 spiro atoms. The lowest BCUT2D eigenvalue weighted by Crippen LogP contribution is -2.37. The Kier molecular flexibility index (Phi) is 10.1. The largest absolute Gasteiger partial charge is 0.497 e. The molecule has 0 bridgehead atoms. The standard InChI is InChI=1S/C19H24N4O2.HI/c1-4-11-21-19(20-5-2)23-14-15-9-10-18(22-13-15)25-17-8-6-7-16(12-17)24-3;/h4,6-10,12-13H,1,5,11,14H2,2-3H3,(H2,20,21,23);1H. The fourth-order valence-electron chi connectivity index (χ4n) is 2.03. The number of aromatic nitrogens is 1. The lowest BCUT2D eigenvalue weighted by Gasteiger charge is -2.09. The molecule has 1 aromatic carbocycles. The summed E-state index contributed by atoms with van der Waals surface area (Å²) >= 11 is 0. The lowest BCUT2D eigenvalue weighted by molar-refractivity contribution is 0.407. The van der Waals surface area contributed by atoms with Crippen molar-refractivity contribution in [1.29, 1.82) is 0 Å². The van der Waals surface area contributed by atoms with E-state index < -0.39 is 0 Å². The van der Waals surface area contributed by atoms with Crippen molar-refractivity contribution in [1.82, 2.24) is 15.6 Å². The van der Waals surface area contributed by atoms with Crippen LogP contribution in [0.2, 0.25) is 0 Å². The second-order valence-electron chi connectivity index (χ2n) is 5.15. The number of halogens is 1. The molecule has 0 aliphatic rings. The number of pyridine rings is 1. The first-order valence-corrected chi connectivity index (χ1v) is 8.15. The fourth-order valence-corrected chi connectivity index (χ4v) is 2.03. The first-order valence-electron chi connectivity index (χ1n) is 8.15. The number of rotatable bonds is 8. The smallest absolute Gasteiger partial charge is 0.219 e. The van der Waals surface area contributed by atoms with Crippen molar-refractivity contribution in [3.05, 3.63) is 60.8 Å². The van der Waals surface area contributed by atoms with Crippen molar-refractivity contribution in [3.8, 4) is 17.4 Å². The number of ether oxygens (including phenoxy) is 2. The van der Waals surface area contributed by atoms with E-state index in [9.17, 15) is 0 Å². The average molecular weight is 468 g/mol. The Balaban J connectivity index is 0.00000338. The van der Waals surface area contributed by atoms with Crippen molar-refractivity contribution in [2.24, 2.45) is 4.99 Å². The van der Waals surface area contributed by atoms with E-state index in [2.05, 4.69) is 27.2 Å². The first-order chi connectivity index (χ1) is 12.2. The number of guanidine groups is 1. The Morgan fingerprint density at radius 3 is 2.69 bits per heavy atom. The molecule has 0 unspecified atom stereocenters. The van der Waals surface area contributed by atoms with Gasteiger partial charge in [0.05, 0.1) is 13.7 Å². The molecule has 140 valence electrons. The van der Waals surface area contributed by atoms with Crippen molar-refractivity contribution in [2.75, 3.05) is 20.2 Å². The Morgan fingerprint density at radius 2 is 2.04 bits per heavy atom. The normalized spacial score (nSPS) is 10.5. The predicted octanol–water partition coefficient (Wildman–Crippen LogP) is 3.74. The lowest BCUT2D eigenvalue weighted by atomic mass is 10.3. The molecule has 26 heavy (non-hydrogen) atoms. The Bertz CT molecular complexity index is 705. The molecule has 0 aliphatic carbocycles. The van der Waals surface area contributed by atoms with Gasteiger partial charge in [0.15, 0.2) is 5.96 Å². The maximum Gasteiger partial charge on any atom is 0.219 e. The van der Waals surface area contributed by atoms with E-state index in [0.717, 1.165) is 23.8 Å². The summed E-state index contributed by atoms with van der Waals surface area (Å²) in [6.45, 7) is 7.71.